The minimum atomic E-state index is -0.209. The van der Waals surface area contributed by atoms with Gasteiger partial charge in [0, 0.05) is 32.7 Å². The van der Waals surface area contributed by atoms with Gasteiger partial charge in [-0.25, -0.2) is 4.39 Å². The predicted octanol–water partition coefficient (Wildman–Crippen LogP) is 2.10. The first-order chi connectivity index (χ1) is 13.7. The van der Waals surface area contributed by atoms with Gasteiger partial charge in [-0.05, 0) is 37.7 Å². The lowest BCUT2D eigenvalue weighted by atomic mass is 10.0. The van der Waals surface area contributed by atoms with E-state index in [0.29, 0.717) is 6.54 Å². The quantitative estimate of drug-likeness (QED) is 0.471. The van der Waals surface area contributed by atoms with Gasteiger partial charge in [0.2, 0.25) is 0 Å². The van der Waals surface area contributed by atoms with E-state index in [4.69, 9.17) is 9.73 Å². The molecule has 0 spiro atoms. The van der Waals surface area contributed by atoms with Gasteiger partial charge < -0.3 is 20.3 Å². The summed E-state index contributed by atoms with van der Waals surface area (Å²) in [5, 5.41) is 6.76. The highest BCUT2D eigenvalue weighted by atomic mass is 19.1. The van der Waals surface area contributed by atoms with Crippen LogP contribution in [0.1, 0.15) is 32.4 Å². The van der Waals surface area contributed by atoms with Crippen LogP contribution >= 0.6 is 0 Å². The van der Waals surface area contributed by atoms with Gasteiger partial charge in [0.25, 0.3) is 0 Å². The van der Waals surface area contributed by atoms with Crippen molar-refractivity contribution in [2.24, 2.45) is 4.99 Å². The van der Waals surface area contributed by atoms with Gasteiger partial charge in [0.05, 0.1) is 25.8 Å². The average molecular weight is 394 g/mol. The second kappa shape index (κ2) is 12.7. The van der Waals surface area contributed by atoms with Crippen LogP contribution in [0, 0.1) is 5.82 Å². The first-order valence-corrected chi connectivity index (χ1v) is 10.5. The molecule has 1 aromatic rings. The van der Waals surface area contributed by atoms with Crippen molar-refractivity contribution in [1.29, 1.82) is 0 Å². The summed E-state index contributed by atoms with van der Waals surface area (Å²) in [6.07, 6.45) is 0. The van der Waals surface area contributed by atoms with E-state index in [1.54, 1.807) is 0 Å². The van der Waals surface area contributed by atoms with Gasteiger partial charge in [-0.2, -0.15) is 0 Å². The Morgan fingerprint density at radius 1 is 1.14 bits per heavy atom. The molecule has 1 unspecified atom stereocenters. The molecule has 1 saturated heterocycles. The van der Waals surface area contributed by atoms with Crippen molar-refractivity contribution in [1.82, 2.24) is 20.4 Å². The fraction of sp³-hybridized carbons (Fsp3) is 0.667. The largest absolute Gasteiger partial charge is 0.379 e. The van der Waals surface area contributed by atoms with Crippen molar-refractivity contribution in [3.05, 3.63) is 35.6 Å². The number of aliphatic imine (C=N–C) groups is 1. The van der Waals surface area contributed by atoms with Crippen LogP contribution in [-0.2, 0) is 4.74 Å². The van der Waals surface area contributed by atoms with Crippen LogP contribution in [0.25, 0.3) is 0 Å². The number of nitrogens with zero attached hydrogens (tertiary/aromatic N) is 3. The average Bonchev–Trinajstić information content (AvgIpc) is 2.73. The molecule has 1 aliphatic rings. The maximum Gasteiger partial charge on any atom is 0.191 e. The summed E-state index contributed by atoms with van der Waals surface area (Å²) in [6.45, 7) is 15.0. The molecule has 28 heavy (non-hydrogen) atoms. The fourth-order valence-electron chi connectivity index (χ4n) is 3.40. The maximum atomic E-state index is 13.4. The summed E-state index contributed by atoms with van der Waals surface area (Å²) in [6, 6.07) is 6.90. The van der Waals surface area contributed by atoms with Crippen LogP contribution in [0.15, 0.2) is 29.3 Å². The first kappa shape index (κ1) is 22.6. The second-order valence-electron chi connectivity index (χ2n) is 6.89. The second-order valence-corrected chi connectivity index (χ2v) is 6.89. The van der Waals surface area contributed by atoms with E-state index < -0.39 is 0 Å². The third-order valence-corrected chi connectivity index (χ3v) is 5.12. The molecule has 0 saturated carbocycles. The highest BCUT2D eigenvalue weighted by Gasteiger charge is 2.22. The standard InChI is InChI=1S/C21H36FN5O/c1-4-23-21(24-11-12-26(5-2)6-3)25-17-20(27-13-15-28-16-14-27)18-7-9-19(22)10-8-18/h7-10,20H,4-6,11-17H2,1-3H3,(H2,23,24,25). The number of morpholine rings is 1. The lowest BCUT2D eigenvalue weighted by molar-refractivity contribution is 0.0179. The smallest absolute Gasteiger partial charge is 0.191 e. The molecule has 2 rings (SSSR count). The van der Waals surface area contributed by atoms with Gasteiger partial charge in [-0.15, -0.1) is 0 Å². The van der Waals surface area contributed by atoms with Gasteiger partial charge in [-0.3, -0.25) is 9.89 Å². The zero-order valence-electron chi connectivity index (χ0n) is 17.6. The number of guanidine groups is 1. The van der Waals surface area contributed by atoms with E-state index in [1.165, 1.54) is 12.1 Å². The lowest BCUT2D eigenvalue weighted by Gasteiger charge is -2.34. The monoisotopic (exact) mass is 393 g/mol. The molecule has 158 valence electrons. The zero-order valence-corrected chi connectivity index (χ0v) is 17.6. The molecule has 2 N–H and O–H groups in total. The summed E-state index contributed by atoms with van der Waals surface area (Å²) in [5.74, 6) is 0.620. The van der Waals surface area contributed by atoms with Gasteiger partial charge in [-0.1, -0.05) is 26.0 Å². The van der Waals surface area contributed by atoms with Crippen molar-refractivity contribution < 1.29 is 9.13 Å². The molecule has 1 aromatic carbocycles. The van der Waals surface area contributed by atoms with Crippen LogP contribution in [0.3, 0.4) is 0 Å². The van der Waals surface area contributed by atoms with E-state index in [9.17, 15) is 4.39 Å². The highest BCUT2D eigenvalue weighted by Crippen LogP contribution is 2.22. The number of rotatable bonds is 10. The summed E-state index contributed by atoms with van der Waals surface area (Å²) in [5.41, 5.74) is 1.09. The van der Waals surface area contributed by atoms with E-state index in [1.807, 2.05) is 12.1 Å². The SMILES string of the molecule is CCNC(=NCC(c1ccc(F)cc1)N1CCOCC1)NCCN(CC)CC. The van der Waals surface area contributed by atoms with Gasteiger partial charge in [0.1, 0.15) is 5.82 Å². The minimum Gasteiger partial charge on any atom is -0.379 e. The normalized spacial score (nSPS) is 17.0. The lowest BCUT2D eigenvalue weighted by Crippen LogP contribution is -2.43. The number of nitrogens with one attached hydrogen (secondary N) is 2. The van der Waals surface area contributed by atoms with Crippen molar-refractivity contribution >= 4 is 5.96 Å². The maximum absolute atomic E-state index is 13.4. The Labute approximate surface area is 169 Å². The molecule has 0 amide bonds. The van der Waals surface area contributed by atoms with Crippen molar-refractivity contribution in [2.75, 3.05) is 65.6 Å². The third-order valence-electron chi connectivity index (χ3n) is 5.12. The molecule has 0 aromatic heterocycles. The van der Waals surface area contributed by atoms with Crippen LogP contribution in [-0.4, -0.2) is 81.3 Å². The molecule has 0 bridgehead atoms. The van der Waals surface area contributed by atoms with E-state index in [2.05, 4.69) is 41.2 Å². The predicted molar refractivity (Wildman–Crippen MR) is 113 cm³/mol. The number of hydrogen-bond acceptors (Lipinski definition) is 4. The minimum absolute atomic E-state index is 0.114. The molecule has 7 heteroatoms. The number of ether oxygens (including phenoxy) is 1. The molecule has 1 fully saturated rings. The van der Waals surface area contributed by atoms with Crippen molar-refractivity contribution in [3.63, 3.8) is 0 Å². The summed E-state index contributed by atoms with van der Waals surface area (Å²) >= 11 is 0. The Kier molecular flexibility index (Phi) is 10.2. The fourth-order valence-corrected chi connectivity index (χ4v) is 3.40. The van der Waals surface area contributed by atoms with E-state index in [0.717, 1.165) is 70.6 Å². The first-order valence-electron chi connectivity index (χ1n) is 10.5. The van der Waals surface area contributed by atoms with Gasteiger partial charge >= 0.3 is 0 Å². The number of likely N-dealkylation sites (N-methyl/N-ethyl adjacent to an activating group) is 1. The summed E-state index contributed by atoms with van der Waals surface area (Å²) < 4.78 is 18.9. The summed E-state index contributed by atoms with van der Waals surface area (Å²) in [4.78, 5) is 9.59. The molecule has 6 nitrogen and oxygen atoms in total. The molecule has 0 aliphatic carbocycles. The molecule has 1 heterocycles. The number of benzene rings is 1. The van der Waals surface area contributed by atoms with Crippen molar-refractivity contribution in [3.8, 4) is 0 Å². The third kappa shape index (κ3) is 7.37. The molecular formula is C21H36FN5O. The molecule has 1 atom stereocenters. The zero-order chi connectivity index (χ0) is 20.2. The molecule has 1 aliphatic heterocycles. The Morgan fingerprint density at radius 2 is 1.82 bits per heavy atom. The van der Waals surface area contributed by atoms with E-state index >= 15 is 0 Å². The van der Waals surface area contributed by atoms with E-state index in [-0.39, 0.29) is 11.9 Å². The highest BCUT2D eigenvalue weighted by molar-refractivity contribution is 5.79. The van der Waals surface area contributed by atoms with Crippen LogP contribution in [0.4, 0.5) is 4.39 Å². The Balaban J connectivity index is 2.05. The Hall–Kier alpha value is -1.70. The van der Waals surface area contributed by atoms with Crippen LogP contribution in [0.5, 0.6) is 0 Å². The molecular weight excluding hydrogens is 357 g/mol. The van der Waals surface area contributed by atoms with Crippen LogP contribution < -0.4 is 10.6 Å². The number of hydrogen-bond donors (Lipinski definition) is 2. The number of halogens is 1. The van der Waals surface area contributed by atoms with Crippen LogP contribution in [0.2, 0.25) is 0 Å². The Bertz CT molecular complexity index is 571. The van der Waals surface area contributed by atoms with Gasteiger partial charge in [0.15, 0.2) is 5.96 Å². The molecule has 0 radical (unpaired) electrons. The topological polar surface area (TPSA) is 52.1 Å². The van der Waals surface area contributed by atoms with Crippen molar-refractivity contribution in [2.45, 2.75) is 26.8 Å². The summed E-state index contributed by atoms with van der Waals surface area (Å²) in [7, 11) is 0. The Morgan fingerprint density at radius 3 is 2.43 bits per heavy atom.